The number of rotatable bonds is 5. The first-order valence-electron chi connectivity index (χ1n) is 9.91. The maximum absolute atomic E-state index is 13.5. The Morgan fingerprint density at radius 3 is 2.42 bits per heavy atom. The molecule has 4 aromatic rings. The predicted octanol–water partition coefficient (Wildman–Crippen LogP) is 5.91. The van der Waals surface area contributed by atoms with Gasteiger partial charge in [0.25, 0.3) is 5.91 Å². The van der Waals surface area contributed by atoms with Gasteiger partial charge in [-0.25, -0.2) is 4.98 Å². The highest BCUT2D eigenvalue weighted by atomic mass is 32.1. The van der Waals surface area contributed by atoms with Gasteiger partial charge in [-0.05, 0) is 79.9 Å². The molecule has 1 aromatic heterocycles. The smallest absolute Gasteiger partial charge is 0.281 e. The molecule has 0 saturated carbocycles. The van der Waals surface area contributed by atoms with Crippen molar-refractivity contribution in [3.63, 3.8) is 0 Å². The van der Waals surface area contributed by atoms with Crippen LogP contribution in [0.25, 0.3) is 10.2 Å². The first-order valence-corrected chi connectivity index (χ1v) is 10.7. The third-order valence-electron chi connectivity index (χ3n) is 4.96. The van der Waals surface area contributed by atoms with Crippen molar-refractivity contribution in [3.05, 3.63) is 88.5 Å². The molecule has 1 heterocycles. The highest BCUT2D eigenvalue weighted by molar-refractivity contribution is 7.22. The van der Waals surface area contributed by atoms with Gasteiger partial charge in [0.1, 0.15) is 5.75 Å². The van der Waals surface area contributed by atoms with Gasteiger partial charge in [-0.15, -0.1) is 0 Å². The van der Waals surface area contributed by atoms with E-state index in [-0.39, 0.29) is 5.91 Å². The van der Waals surface area contributed by atoms with Gasteiger partial charge in [-0.2, -0.15) is 10.1 Å². The third-order valence-corrected chi connectivity index (χ3v) is 5.95. The number of nitrogens with zero attached hydrogens (tertiary/aromatic N) is 3. The molecule has 31 heavy (non-hydrogen) atoms. The van der Waals surface area contributed by atoms with E-state index in [2.05, 4.69) is 16.2 Å². The Morgan fingerprint density at radius 1 is 1.00 bits per heavy atom. The number of aromatic nitrogens is 1. The van der Waals surface area contributed by atoms with Crippen LogP contribution in [0.4, 0.5) is 5.13 Å². The molecule has 0 aliphatic carbocycles. The van der Waals surface area contributed by atoms with E-state index >= 15 is 0 Å². The second-order valence-corrected chi connectivity index (χ2v) is 8.43. The summed E-state index contributed by atoms with van der Waals surface area (Å²) in [6.07, 6.45) is 1.66. The van der Waals surface area contributed by atoms with Crippen molar-refractivity contribution in [2.75, 3.05) is 12.1 Å². The van der Waals surface area contributed by atoms with Gasteiger partial charge in [0.2, 0.25) is 5.13 Å². The van der Waals surface area contributed by atoms with E-state index in [4.69, 9.17) is 4.74 Å². The second-order valence-electron chi connectivity index (χ2n) is 7.42. The van der Waals surface area contributed by atoms with E-state index in [0.29, 0.717) is 10.7 Å². The molecular weight excluding hydrogens is 406 g/mol. The normalized spacial score (nSPS) is 11.2. The fourth-order valence-electron chi connectivity index (χ4n) is 3.28. The molecule has 0 fully saturated rings. The number of fused-ring (bicyclic) bond motifs is 1. The Hall–Kier alpha value is -3.51. The largest absolute Gasteiger partial charge is 0.497 e. The van der Waals surface area contributed by atoms with E-state index < -0.39 is 0 Å². The maximum Gasteiger partial charge on any atom is 0.281 e. The number of carbonyl (C=O) groups excluding carboxylic acids is 1. The first-order chi connectivity index (χ1) is 14.9. The summed E-state index contributed by atoms with van der Waals surface area (Å²) >= 11 is 1.45. The first kappa shape index (κ1) is 20.8. The average Bonchev–Trinajstić information content (AvgIpc) is 3.17. The Bertz CT molecular complexity index is 1280. The van der Waals surface area contributed by atoms with Crippen LogP contribution < -0.4 is 9.75 Å². The summed E-state index contributed by atoms with van der Waals surface area (Å²) in [7, 11) is 1.63. The number of hydrazone groups is 1. The van der Waals surface area contributed by atoms with Crippen LogP contribution in [0.15, 0.2) is 65.8 Å². The predicted molar refractivity (Wildman–Crippen MR) is 128 cm³/mol. The number of aryl methyl sites for hydroxylation is 3. The van der Waals surface area contributed by atoms with Crippen LogP contribution in [0.5, 0.6) is 5.75 Å². The number of methoxy groups -OCH3 is 1. The third kappa shape index (κ3) is 4.49. The molecule has 4 rings (SSSR count). The number of carbonyl (C=O) groups is 1. The molecule has 0 aliphatic rings. The summed E-state index contributed by atoms with van der Waals surface area (Å²) < 4.78 is 6.23. The van der Waals surface area contributed by atoms with E-state index in [1.165, 1.54) is 16.3 Å². The van der Waals surface area contributed by atoms with Crippen molar-refractivity contribution < 1.29 is 9.53 Å². The van der Waals surface area contributed by atoms with E-state index in [0.717, 1.165) is 38.2 Å². The summed E-state index contributed by atoms with van der Waals surface area (Å²) in [5.74, 6) is 0.556. The molecule has 0 N–H and O–H groups in total. The molecule has 0 spiro atoms. The minimum Gasteiger partial charge on any atom is -0.497 e. The molecule has 0 aliphatic heterocycles. The topological polar surface area (TPSA) is 54.8 Å². The van der Waals surface area contributed by atoms with Crippen molar-refractivity contribution in [2.45, 2.75) is 20.8 Å². The Morgan fingerprint density at radius 2 is 1.71 bits per heavy atom. The number of ether oxygens (including phenoxy) is 1. The van der Waals surface area contributed by atoms with Crippen LogP contribution >= 0.6 is 11.3 Å². The summed E-state index contributed by atoms with van der Waals surface area (Å²) in [4.78, 5) is 18.2. The lowest BCUT2D eigenvalue weighted by atomic mass is 10.1. The Kier molecular flexibility index (Phi) is 5.82. The van der Waals surface area contributed by atoms with Crippen LogP contribution in [-0.4, -0.2) is 24.2 Å². The van der Waals surface area contributed by atoms with Gasteiger partial charge in [-0.1, -0.05) is 35.1 Å². The molecule has 6 heteroatoms. The number of thiazole rings is 1. The van der Waals surface area contributed by atoms with Crippen LogP contribution in [0.2, 0.25) is 0 Å². The monoisotopic (exact) mass is 429 g/mol. The van der Waals surface area contributed by atoms with Gasteiger partial charge in [0.05, 0.1) is 23.5 Å². The molecule has 3 aromatic carbocycles. The van der Waals surface area contributed by atoms with Gasteiger partial charge >= 0.3 is 0 Å². The van der Waals surface area contributed by atoms with Crippen molar-refractivity contribution >= 4 is 38.8 Å². The summed E-state index contributed by atoms with van der Waals surface area (Å²) in [5, 5.41) is 6.47. The van der Waals surface area contributed by atoms with E-state index in [1.807, 2.05) is 75.4 Å². The van der Waals surface area contributed by atoms with Gasteiger partial charge in [0, 0.05) is 5.56 Å². The molecular formula is C25H23N3O2S. The minimum absolute atomic E-state index is 0.210. The minimum atomic E-state index is -0.210. The fourth-order valence-corrected chi connectivity index (χ4v) is 4.30. The van der Waals surface area contributed by atoms with Crippen LogP contribution in [0.1, 0.15) is 32.6 Å². The SMILES string of the molecule is COc1ccc(/C=N/N(C(=O)c2ccc(C)cc2C)c2nc3ccc(C)cc3s2)cc1. The number of amides is 1. The number of anilines is 1. The van der Waals surface area contributed by atoms with Crippen molar-refractivity contribution in [2.24, 2.45) is 5.10 Å². The second kappa shape index (κ2) is 8.70. The average molecular weight is 430 g/mol. The lowest BCUT2D eigenvalue weighted by Gasteiger charge is -2.15. The van der Waals surface area contributed by atoms with Crippen molar-refractivity contribution in [1.29, 1.82) is 0 Å². The molecule has 156 valence electrons. The van der Waals surface area contributed by atoms with Crippen molar-refractivity contribution in [3.8, 4) is 5.75 Å². The van der Waals surface area contributed by atoms with Crippen LogP contribution in [0, 0.1) is 20.8 Å². The molecule has 1 amide bonds. The molecule has 0 unspecified atom stereocenters. The quantitative estimate of drug-likeness (QED) is 0.293. The molecule has 0 radical (unpaired) electrons. The van der Waals surface area contributed by atoms with E-state index in [9.17, 15) is 4.79 Å². The number of benzene rings is 3. The van der Waals surface area contributed by atoms with Crippen LogP contribution in [0.3, 0.4) is 0 Å². The number of hydrogen-bond donors (Lipinski definition) is 0. The molecule has 0 saturated heterocycles. The number of hydrogen-bond acceptors (Lipinski definition) is 5. The van der Waals surface area contributed by atoms with Crippen LogP contribution in [-0.2, 0) is 0 Å². The van der Waals surface area contributed by atoms with Gasteiger partial charge in [-0.3, -0.25) is 4.79 Å². The lowest BCUT2D eigenvalue weighted by molar-refractivity contribution is 0.0987. The molecule has 0 bridgehead atoms. The summed E-state index contributed by atoms with van der Waals surface area (Å²) in [6, 6.07) is 19.3. The zero-order valence-electron chi connectivity index (χ0n) is 17.9. The Balaban J connectivity index is 1.76. The zero-order valence-corrected chi connectivity index (χ0v) is 18.7. The molecule has 5 nitrogen and oxygen atoms in total. The molecule has 0 atom stereocenters. The van der Waals surface area contributed by atoms with Crippen molar-refractivity contribution in [1.82, 2.24) is 4.98 Å². The lowest BCUT2D eigenvalue weighted by Crippen LogP contribution is -2.26. The van der Waals surface area contributed by atoms with Gasteiger partial charge < -0.3 is 4.74 Å². The van der Waals surface area contributed by atoms with Gasteiger partial charge in [0.15, 0.2) is 0 Å². The Labute approximate surface area is 185 Å². The standard InChI is InChI=1S/C25H23N3O2S/c1-16-5-11-21(18(3)13-16)24(29)28(26-15-19-7-9-20(30-4)10-8-19)25-27-22-12-6-17(2)14-23(22)31-25/h5-15H,1-4H3/b26-15+. The highest BCUT2D eigenvalue weighted by Crippen LogP contribution is 2.31. The summed E-state index contributed by atoms with van der Waals surface area (Å²) in [5.41, 5.74) is 5.48. The zero-order chi connectivity index (χ0) is 22.0. The summed E-state index contributed by atoms with van der Waals surface area (Å²) in [6.45, 7) is 5.99. The fraction of sp³-hybridized carbons (Fsp3) is 0.160. The van der Waals surface area contributed by atoms with E-state index in [1.54, 1.807) is 13.3 Å². The maximum atomic E-state index is 13.5. The highest BCUT2D eigenvalue weighted by Gasteiger charge is 2.22.